The third kappa shape index (κ3) is 3.69. The van der Waals surface area contributed by atoms with Crippen LogP contribution in [0.2, 0.25) is 0 Å². The molecule has 0 spiro atoms. The van der Waals surface area contributed by atoms with Gasteiger partial charge in [-0.2, -0.15) is 0 Å². The zero-order chi connectivity index (χ0) is 11.2. The SMILES string of the molecule is CC.CCC(=O)NC1CCCC1(C)C. The molecular formula is C12H25NO. The monoisotopic (exact) mass is 199 g/mol. The molecule has 1 saturated carbocycles. The first-order valence-corrected chi connectivity index (χ1v) is 5.85. The van der Waals surface area contributed by atoms with Crippen molar-refractivity contribution < 1.29 is 4.79 Å². The molecule has 0 radical (unpaired) electrons. The summed E-state index contributed by atoms with van der Waals surface area (Å²) in [6, 6.07) is 0.407. The molecule has 0 aromatic rings. The molecule has 1 amide bonds. The molecular weight excluding hydrogens is 174 g/mol. The normalized spacial score (nSPS) is 23.6. The first-order chi connectivity index (χ1) is 6.56. The molecule has 0 bridgehead atoms. The second-order valence-electron chi connectivity index (χ2n) is 4.35. The van der Waals surface area contributed by atoms with Gasteiger partial charge in [-0.05, 0) is 18.3 Å². The van der Waals surface area contributed by atoms with Crippen LogP contribution in [-0.2, 0) is 4.79 Å². The first kappa shape index (κ1) is 13.5. The van der Waals surface area contributed by atoms with Gasteiger partial charge in [-0.25, -0.2) is 0 Å². The molecule has 1 aliphatic carbocycles. The van der Waals surface area contributed by atoms with Gasteiger partial charge in [-0.1, -0.05) is 41.0 Å². The second-order valence-corrected chi connectivity index (χ2v) is 4.35. The van der Waals surface area contributed by atoms with E-state index in [0.717, 1.165) is 6.42 Å². The van der Waals surface area contributed by atoms with E-state index < -0.39 is 0 Å². The lowest BCUT2D eigenvalue weighted by molar-refractivity contribution is -0.122. The third-order valence-corrected chi connectivity index (χ3v) is 2.91. The van der Waals surface area contributed by atoms with Crippen molar-refractivity contribution in [3.8, 4) is 0 Å². The van der Waals surface area contributed by atoms with Crippen molar-refractivity contribution in [1.29, 1.82) is 0 Å². The van der Waals surface area contributed by atoms with Crippen molar-refractivity contribution >= 4 is 5.91 Å². The van der Waals surface area contributed by atoms with Crippen LogP contribution in [0, 0.1) is 5.41 Å². The molecule has 14 heavy (non-hydrogen) atoms. The summed E-state index contributed by atoms with van der Waals surface area (Å²) in [6.07, 6.45) is 4.24. The van der Waals surface area contributed by atoms with E-state index in [4.69, 9.17) is 0 Å². The summed E-state index contributed by atoms with van der Waals surface area (Å²) in [4.78, 5) is 11.1. The lowest BCUT2D eigenvalue weighted by Crippen LogP contribution is -2.41. The predicted octanol–water partition coefficient (Wildman–Crippen LogP) is 3.12. The van der Waals surface area contributed by atoms with Crippen LogP contribution in [0.1, 0.15) is 60.3 Å². The number of carbonyl (C=O) groups excluding carboxylic acids is 1. The van der Waals surface area contributed by atoms with Crippen molar-refractivity contribution in [2.24, 2.45) is 5.41 Å². The molecule has 0 aliphatic heterocycles. The lowest BCUT2D eigenvalue weighted by Gasteiger charge is -2.27. The Kier molecular flexibility index (Phi) is 5.82. The maximum absolute atomic E-state index is 11.1. The zero-order valence-electron chi connectivity index (χ0n) is 10.3. The van der Waals surface area contributed by atoms with Crippen LogP contribution in [0.4, 0.5) is 0 Å². The van der Waals surface area contributed by atoms with E-state index in [1.807, 2.05) is 20.8 Å². The van der Waals surface area contributed by atoms with Gasteiger partial charge in [0.05, 0.1) is 0 Å². The number of amides is 1. The van der Waals surface area contributed by atoms with Crippen molar-refractivity contribution in [1.82, 2.24) is 5.32 Å². The molecule has 0 aromatic carbocycles. The second kappa shape index (κ2) is 6.05. The molecule has 1 unspecified atom stereocenters. The van der Waals surface area contributed by atoms with Gasteiger partial charge in [0.15, 0.2) is 0 Å². The van der Waals surface area contributed by atoms with Crippen LogP contribution in [0.3, 0.4) is 0 Å². The number of rotatable bonds is 2. The minimum absolute atomic E-state index is 0.190. The Balaban J connectivity index is 0.000000791. The van der Waals surface area contributed by atoms with E-state index in [1.165, 1.54) is 12.8 Å². The number of hydrogen-bond donors (Lipinski definition) is 1. The summed E-state index contributed by atoms with van der Waals surface area (Å²) >= 11 is 0. The van der Waals surface area contributed by atoms with Gasteiger partial charge in [0.1, 0.15) is 0 Å². The van der Waals surface area contributed by atoms with E-state index in [0.29, 0.717) is 17.9 Å². The van der Waals surface area contributed by atoms with E-state index >= 15 is 0 Å². The predicted molar refractivity (Wildman–Crippen MR) is 61.2 cm³/mol. The number of nitrogens with one attached hydrogen (secondary N) is 1. The maximum Gasteiger partial charge on any atom is 0.219 e. The van der Waals surface area contributed by atoms with Crippen LogP contribution < -0.4 is 5.32 Å². The Labute approximate surface area is 88.5 Å². The summed E-state index contributed by atoms with van der Waals surface area (Å²) in [5, 5.41) is 3.08. The van der Waals surface area contributed by atoms with Crippen LogP contribution in [0.25, 0.3) is 0 Å². The van der Waals surface area contributed by atoms with Crippen LogP contribution in [0.5, 0.6) is 0 Å². The highest BCUT2D eigenvalue weighted by atomic mass is 16.1. The summed E-state index contributed by atoms with van der Waals surface area (Å²) < 4.78 is 0. The number of hydrogen-bond acceptors (Lipinski definition) is 1. The Morgan fingerprint density at radius 1 is 1.43 bits per heavy atom. The average molecular weight is 199 g/mol. The first-order valence-electron chi connectivity index (χ1n) is 5.85. The van der Waals surface area contributed by atoms with Gasteiger partial charge in [0.25, 0.3) is 0 Å². The van der Waals surface area contributed by atoms with Gasteiger partial charge in [0, 0.05) is 12.5 Å². The largest absolute Gasteiger partial charge is 0.353 e. The molecule has 1 fully saturated rings. The lowest BCUT2D eigenvalue weighted by atomic mass is 9.87. The fraction of sp³-hybridized carbons (Fsp3) is 0.917. The number of carbonyl (C=O) groups is 1. The van der Waals surface area contributed by atoms with E-state index in [2.05, 4.69) is 19.2 Å². The summed E-state index contributed by atoms with van der Waals surface area (Å²) in [5.41, 5.74) is 0.310. The molecule has 0 heterocycles. The standard InChI is InChI=1S/C10H19NO.C2H6/c1-4-9(12)11-8-6-5-7-10(8,2)3;1-2/h8H,4-7H2,1-3H3,(H,11,12);1-2H3. The van der Waals surface area contributed by atoms with Crippen LogP contribution >= 0.6 is 0 Å². The third-order valence-electron chi connectivity index (χ3n) is 2.91. The molecule has 2 heteroatoms. The summed E-state index contributed by atoms with van der Waals surface area (Å²) in [6.45, 7) is 10.4. The fourth-order valence-corrected chi connectivity index (χ4v) is 1.89. The van der Waals surface area contributed by atoms with Crippen molar-refractivity contribution in [2.45, 2.75) is 66.3 Å². The van der Waals surface area contributed by atoms with Crippen LogP contribution in [0.15, 0.2) is 0 Å². The van der Waals surface area contributed by atoms with E-state index in [1.54, 1.807) is 0 Å². The molecule has 1 aliphatic rings. The quantitative estimate of drug-likeness (QED) is 0.727. The highest BCUT2D eigenvalue weighted by Crippen LogP contribution is 2.37. The minimum Gasteiger partial charge on any atom is -0.353 e. The van der Waals surface area contributed by atoms with Gasteiger partial charge in [-0.15, -0.1) is 0 Å². The highest BCUT2D eigenvalue weighted by molar-refractivity contribution is 5.75. The Bertz CT molecular complexity index is 175. The van der Waals surface area contributed by atoms with Crippen molar-refractivity contribution in [2.75, 3.05) is 0 Å². The highest BCUT2D eigenvalue weighted by Gasteiger charge is 2.34. The van der Waals surface area contributed by atoms with Gasteiger partial charge in [0.2, 0.25) is 5.91 Å². The topological polar surface area (TPSA) is 29.1 Å². The molecule has 0 saturated heterocycles. The Hall–Kier alpha value is -0.530. The molecule has 2 nitrogen and oxygen atoms in total. The van der Waals surface area contributed by atoms with Gasteiger partial charge in [-0.3, -0.25) is 4.79 Å². The Morgan fingerprint density at radius 3 is 2.36 bits per heavy atom. The van der Waals surface area contributed by atoms with Gasteiger partial charge >= 0.3 is 0 Å². The molecule has 84 valence electrons. The van der Waals surface area contributed by atoms with Gasteiger partial charge < -0.3 is 5.32 Å². The maximum atomic E-state index is 11.1. The van der Waals surface area contributed by atoms with Crippen molar-refractivity contribution in [3.63, 3.8) is 0 Å². The fourth-order valence-electron chi connectivity index (χ4n) is 1.89. The molecule has 1 rings (SSSR count). The average Bonchev–Trinajstić information content (AvgIpc) is 2.49. The Morgan fingerprint density at radius 2 is 2.00 bits per heavy atom. The molecule has 1 N–H and O–H groups in total. The van der Waals surface area contributed by atoms with Crippen LogP contribution in [-0.4, -0.2) is 11.9 Å². The molecule has 1 atom stereocenters. The van der Waals surface area contributed by atoms with E-state index in [9.17, 15) is 4.79 Å². The molecule has 0 aromatic heterocycles. The van der Waals surface area contributed by atoms with E-state index in [-0.39, 0.29) is 5.91 Å². The summed E-state index contributed by atoms with van der Waals surface area (Å²) in [7, 11) is 0. The van der Waals surface area contributed by atoms with Crippen molar-refractivity contribution in [3.05, 3.63) is 0 Å². The minimum atomic E-state index is 0.190. The smallest absolute Gasteiger partial charge is 0.219 e. The zero-order valence-corrected chi connectivity index (χ0v) is 10.3. The summed E-state index contributed by atoms with van der Waals surface area (Å²) in [5.74, 6) is 0.190.